The molecule has 1 unspecified atom stereocenters. The zero-order chi connectivity index (χ0) is 21.8. The van der Waals surface area contributed by atoms with Gasteiger partial charge in [0.25, 0.3) is 17.4 Å². The Morgan fingerprint density at radius 1 is 0.806 bits per heavy atom. The Labute approximate surface area is 184 Å². The fraction of sp³-hybridized carbons (Fsp3) is 0.208. The van der Waals surface area contributed by atoms with Crippen LogP contribution in [0.15, 0.2) is 77.7 Å². The topological polar surface area (TPSA) is 80.2 Å². The molecule has 1 aliphatic rings. The molecule has 2 N–H and O–H groups in total. The van der Waals surface area contributed by atoms with E-state index in [4.69, 9.17) is 11.6 Å². The van der Waals surface area contributed by atoms with Gasteiger partial charge in [-0.3, -0.25) is 19.0 Å². The molecule has 0 spiro atoms. The van der Waals surface area contributed by atoms with E-state index in [-0.39, 0.29) is 29.5 Å². The minimum atomic E-state index is -0.204. The Kier molecular flexibility index (Phi) is 6.18. The molecule has 1 saturated carbocycles. The van der Waals surface area contributed by atoms with Crippen LogP contribution in [-0.2, 0) is 0 Å². The molecule has 0 aliphatic heterocycles. The third-order valence-electron chi connectivity index (χ3n) is 5.49. The number of pyridine rings is 1. The second kappa shape index (κ2) is 9.18. The smallest absolute Gasteiger partial charge is 0.255 e. The largest absolute Gasteiger partial charge is 0.347 e. The van der Waals surface area contributed by atoms with E-state index in [1.165, 1.54) is 10.6 Å². The number of rotatable bonds is 5. The standard InChI is InChI=1S/C24H22ClN3O3/c25-18-11-7-16(8-12-18)23(30)26-20-4-3-5-21(20)27-24(31)17-9-13-19(14-10-17)28-15-2-1-6-22(28)29/h1-2,6-15,20-21H,3-5H2,(H,26,30)(H,27,31)/t20?,21-/m0/s1. The van der Waals surface area contributed by atoms with Gasteiger partial charge in [-0.1, -0.05) is 17.7 Å². The van der Waals surface area contributed by atoms with Crippen molar-refractivity contribution in [1.29, 1.82) is 0 Å². The monoisotopic (exact) mass is 435 g/mol. The molecule has 2 aromatic carbocycles. The van der Waals surface area contributed by atoms with E-state index < -0.39 is 0 Å². The summed E-state index contributed by atoms with van der Waals surface area (Å²) in [6.07, 6.45) is 4.21. The van der Waals surface area contributed by atoms with Crippen LogP contribution in [0.25, 0.3) is 5.69 Å². The number of hydrogen-bond acceptors (Lipinski definition) is 3. The van der Waals surface area contributed by atoms with E-state index in [1.807, 2.05) is 0 Å². The van der Waals surface area contributed by atoms with Crippen LogP contribution in [0, 0.1) is 0 Å². The SMILES string of the molecule is O=C(NC1CCC[C@@H]1NC(=O)c1ccc(-n2ccccc2=O)cc1)c1ccc(Cl)cc1. The highest BCUT2D eigenvalue weighted by Gasteiger charge is 2.30. The molecule has 3 aromatic rings. The number of carbonyl (C=O) groups excluding carboxylic acids is 2. The number of nitrogens with one attached hydrogen (secondary N) is 2. The maximum Gasteiger partial charge on any atom is 0.255 e. The fourth-order valence-corrected chi connectivity index (χ4v) is 3.95. The van der Waals surface area contributed by atoms with Gasteiger partial charge in [0.2, 0.25) is 0 Å². The minimum absolute atomic E-state index is 0.130. The highest BCUT2D eigenvalue weighted by molar-refractivity contribution is 6.30. The quantitative estimate of drug-likeness (QED) is 0.643. The van der Waals surface area contributed by atoms with Crippen LogP contribution in [0.1, 0.15) is 40.0 Å². The van der Waals surface area contributed by atoms with Gasteiger partial charge < -0.3 is 10.6 Å². The Morgan fingerprint density at radius 3 is 1.90 bits per heavy atom. The average Bonchev–Trinajstić information content (AvgIpc) is 3.21. The summed E-state index contributed by atoms with van der Waals surface area (Å²) in [5.74, 6) is -0.384. The van der Waals surface area contributed by atoms with Crippen LogP contribution in [0.2, 0.25) is 5.02 Å². The number of amides is 2. The van der Waals surface area contributed by atoms with Gasteiger partial charge in [0.05, 0.1) is 0 Å². The molecule has 2 atom stereocenters. The van der Waals surface area contributed by atoms with E-state index in [1.54, 1.807) is 66.9 Å². The summed E-state index contributed by atoms with van der Waals surface area (Å²) in [5.41, 5.74) is 1.59. The molecule has 0 radical (unpaired) electrons. The van der Waals surface area contributed by atoms with Crippen LogP contribution in [0.5, 0.6) is 0 Å². The van der Waals surface area contributed by atoms with Crippen molar-refractivity contribution in [3.05, 3.63) is 99.4 Å². The van der Waals surface area contributed by atoms with Gasteiger partial charge in [-0.05, 0) is 73.9 Å². The predicted molar refractivity (Wildman–Crippen MR) is 120 cm³/mol. The molecule has 1 heterocycles. The zero-order valence-corrected chi connectivity index (χ0v) is 17.5. The van der Waals surface area contributed by atoms with Crippen LogP contribution in [0.4, 0.5) is 0 Å². The molecule has 2 amide bonds. The number of halogens is 1. The summed E-state index contributed by atoms with van der Waals surface area (Å²) >= 11 is 5.88. The molecule has 31 heavy (non-hydrogen) atoms. The molecular weight excluding hydrogens is 414 g/mol. The molecule has 1 fully saturated rings. The number of aromatic nitrogens is 1. The molecule has 6 nitrogen and oxygen atoms in total. The van der Waals surface area contributed by atoms with Gasteiger partial charge in [-0.15, -0.1) is 0 Å². The highest BCUT2D eigenvalue weighted by atomic mass is 35.5. The van der Waals surface area contributed by atoms with Crippen LogP contribution in [0.3, 0.4) is 0 Å². The van der Waals surface area contributed by atoms with Crippen molar-refractivity contribution in [3.63, 3.8) is 0 Å². The first kappa shape index (κ1) is 20.9. The third-order valence-corrected chi connectivity index (χ3v) is 5.74. The summed E-state index contributed by atoms with van der Waals surface area (Å²) < 4.78 is 1.51. The van der Waals surface area contributed by atoms with Crippen molar-refractivity contribution in [3.8, 4) is 5.69 Å². The summed E-state index contributed by atoms with van der Waals surface area (Å²) in [5, 5.41) is 6.64. The molecule has 1 aromatic heterocycles. The number of nitrogens with zero attached hydrogens (tertiary/aromatic N) is 1. The summed E-state index contributed by atoms with van der Waals surface area (Å²) in [6, 6.07) is 18.3. The minimum Gasteiger partial charge on any atom is -0.347 e. The van der Waals surface area contributed by atoms with Crippen molar-refractivity contribution in [2.45, 2.75) is 31.3 Å². The lowest BCUT2D eigenvalue weighted by Crippen LogP contribution is -2.48. The zero-order valence-electron chi connectivity index (χ0n) is 16.8. The van der Waals surface area contributed by atoms with Crippen molar-refractivity contribution in [2.24, 2.45) is 0 Å². The number of benzene rings is 2. The summed E-state index contributed by atoms with van der Waals surface area (Å²) in [4.78, 5) is 37.2. The van der Waals surface area contributed by atoms with Gasteiger partial charge in [-0.2, -0.15) is 0 Å². The maximum absolute atomic E-state index is 12.7. The summed E-state index contributed by atoms with van der Waals surface area (Å²) in [7, 11) is 0. The van der Waals surface area contributed by atoms with E-state index in [0.29, 0.717) is 21.8 Å². The van der Waals surface area contributed by atoms with Gasteiger partial charge in [0.15, 0.2) is 0 Å². The second-order valence-corrected chi connectivity index (χ2v) is 7.99. The van der Waals surface area contributed by atoms with Crippen molar-refractivity contribution in [2.75, 3.05) is 0 Å². The van der Waals surface area contributed by atoms with Crippen molar-refractivity contribution < 1.29 is 9.59 Å². The Morgan fingerprint density at radius 2 is 1.35 bits per heavy atom. The summed E-state index contributed by atoms with van der Waals surface area (Å²) in [6.45, 7) is 0. The van der Waals surface area contributed by atoms with Gasteiger partial charge >= 0.3 is 0 Å². The van der Waals surface area contributed by atoms with Crippen molar-refractivity contribution >= 4 is 23.4 Å². The lowest BCUT2D eigenvalue weighted by Gasteiger charge is -2.22. The van der Waals surface area contributed by atoms with Crippen molar-refractivity contribution in [1.82, 2.24) is 15.2 Å². The van der Waals surface area contributed by atoms with Gasteiger partial charge in [0.1, 0.15) is 0 Å². The molecule has 4 rings (SSSR count). The maximum atomic E-state index is 12.7. The Bertz CT molecular complexity index is 1140. The molecule has 0 bridgehead atoms. The predicted octanol–water partition coefficient (Wildman–Crippen LogP) is 3.57. The first-order valence-corrected chi connectivity index (χ1v) is 10.5. The first-order chi connectivity index (χ1) is 15.0. The van der Waals surface area contributed by atoms with E-state index in [9.17, 15) is 14.4 Å². The second-order valence-electron chi connectivity index (χ2n) is 7.55. The van der Waals surface area contributed by atoms with E-state index in [0.717, 1.165) is 19.3 Å². The molecule has 1 aliphatic carbocycles. The van der Waals surface area contributed by atoms with E-state index >= 15 is 0 Å². The highest BCUT2D eigenvalue weighted by Crippen LogP contribution is 2.21. The lowest BCUT2D eigenvalue weighted by atomic mass is 10.1. The molecule has 158 valence electrons. The average molecular weight is 436 g/mol. The van der Waals surface area contributed by atoms with Crippen LogP contribution < -0.4 is 16.2 Å². The van der Waals surface area contributed by atoms with E-state index in [2.05, 4.69) is 10.6 Å². The number of hydrogen-bond donors (Lipinski definition) is 2. The molecule has 0 saturated heterocycles. The van der Waals surface area contributed by atoms with Crippen LogP contribution in [-0.4, -0.2) is 28.5 Å². The molecular formula is C24H22ClN3O3. The molecule has 7 heteroatoms. The Balaban J connectivity index is 1.40. The van der Waals surface area contributed by atoms with Gasteiger partial charge in [0, 0.05) is 46.2 Å². The fourth-order valence-electron chi connectivity index (χ4n) is 3.82. The number of carbonyl (C=O) groups is 2. The van der Waals surface area contributed by atoms with Crippen LogP contribution >= 0.6 is 11.6 Å². The first-order valence-electron chi connectivity index (χ1n) is 10.2. The Hall–Kier alpha value is -3.38. The normalized spacial score (nSPS) is 17.8. The van der Waals surface area contributed by atoms with Gasteiger partial charge in [-0.25, -0.2) is 0 Å². The third kappa shape index (κ3) is 4.86. The lowest BCUT2D eigenvalue weighted by molar-refractivity contribution is 0.0892.